The van der Waals surface area contributed by atoms with E-state index >= 15 is 0 Å². The third-order valence-corrected chi connectivity index (χ3v) is 4.78. The highest BCUT2D eigenvalue weighted by Crippen LogP contribution is 2.41. The Morgan fingerprint density at radius 2 is 1.72 bits per heavy atom. The molecule has 1 aromatic carbocycles. The number of carbonyl (C=O) groups is 1. The van der Waals surface area contributed by atoms with Gasteiger partial charge in [-0.3, -0.25) is 4.79 Å². The summed E-state index contributed by atoms with van der Waals surface area (Å²) < 4.78 is 27.3. The first kappa shape index (κ1) is 17.5. The van der Waals surface area contributed by atoms with Gasteiger partial charge in [-0.15, -0.1) is 0 Å². The molecule has 0 aliphatic heterocycles. The molecule has 0 spiro atoms. The molecule has 3 rings (SSSR count). The molecule has 0 unspecified atom stereocenters. The maximum Gasteiger partial charge on any atom is 0.230 e. The first-order chi connectivity index (χ1) is 12.0. The lowest BCUT2D eigenvalue weighted by Crippen LogP contribution is -2.43. The van der Waals surface area contributed by atoms with Crippen molar-refractivity contribution in [2.75, 3.05) is 6.54 Å². The van der Waals surface area contributed by atoms with Gasteiger partial charge >= 0.3 is 0 Å². The number of aromatic nitrogens is 2. The number of halogens is 2. The summed E-state index contributed by atoms with van der Waals surface area (Å²) in [6, 6.07) is 3.38. The van der Waals surface area contributed by atoms with E-state index in [1.165, 1.54) is 12.1 Å². The summed E-state index contributed by atoms with van der Waals surface area (Å²) in [7, 11) is 0. The van der Waals surface area contributed by atoms with Crippen LogP contribution in [0.1, 0.15) is 42.6 Å². The van der Waals surface area contributed by atoms with Crippen molar-refractivity contribution in [3.63, 3.8) is 0 Å². The predicted molar refractivity (Wildman–Crippen MR) is 90.0 cm³/mol. The summed E-state index contributed by atoms with van der Waals surface area (Å²) in [6.07, 6.45) is 6.92. The van der Waals surface area contributed by atoms with Gasteiger partial charge in [0.25, 0.3) is 0 Å². The second-order valence-electron chi connectivity index (χ2n) is 6.63. The van der Waals surface area contributed by atoms with Crippen molar-refractivity contribution in [2.45, 2.75) is 44.4 Å². The number of rotatable bonds is 5. The monoisotopic (exact) mass is 345 g/mol. The zero-order valence-corrected chi connectivity index (χ0v) is 14.2. The van der Waals surface area contributed by atoms with Crippen molar-refractivity contribution < 1.29 is 13.6 Å². The summed E-state index contributed by atoms with van der Waals surface area (Å²) in [4.78, 5) is 21.3. The van der Waals surface area contributed by atoms with Gasteiger partial charge in [0.05, 0.1) is 5.41 Å². The number of hydrogen-bond acceptors (Lipinski definition) is 3. The van der Waals surface area contributed by atoms with Gasteiger partial charge < -0.3 is 5.32 Å². The molecule has 1 saturated carbocycles. The molecule has 0 radical (unpaired) electrons. The maximum absolute atomic E-state index is 13.6. The van der Waals surface area contributed by atoms with Crippen LogP contribution in [0.2, 0.25) is 0 Å². The molecular weight excluding hydrogens is 324 g/mol. The number of nitrogens with one attached hydrogen (secondary N) is 1. The van der Waals surface area contributed by atoms with Crippen LogP contribution >= 0.6 is 0 Å². The van der Waals surface area contributed by atoms with Gasteiger partial charge in [-0.1, -0.05) is 12.8 Å². The Kier molecular flexibility index (Phi) is 5.06. The van der Waals surface area contributed by atoms with E-state index in [0.29, 0.717) is 37.2 Å². The predicted octanol–water partition coefficient (Wildman–Crippen LogP) is 3.23. The number of aryl methyl sites for hydroxylation is 1. The van der Waals surface area contributed by atoms with E-state index in [2.05, 4.69) is 15.3 Å². The topological polar surface area (TPSA) is 54.9 Å². The van der Waals surface area contributed by atoms with E-state index in [1.807, 2.05) is 6.92 Å². The van der Waals surface area contributed by atoms with Crippen LogP contribution in [-0.4, -0.2) is 22.4 Å². The number of carbonyl (C=O) groups excluding carboxylic acids is 1. The molecule has 1 aliphatic carbocycles. The Balaban J connectivity index is 1.71. The van der Waals surface area contributed by atoms with Gasteiger partial charge in [0.1, 0.15) is 17.5 Å². The van der Waals surface area contributed by atoms with Crippen LogP contribution in [0.25, 0.3) is 0 Å². The highest BCUT2D eigenvalue weighted by molar-refractivity contribution is 5.88. The lowest BCUT2D eigenvalue weighted by Gasteiger charge is -2.28. The van der Waals surface area contributed by atoms with Gasteiger partial charge in [-0.05, 0) is 43.0 Å². The number of amides is 1. The van der Waals surface area contributed by atoms with Gasteiger partial charge in [0.15, 0.2) is 0 Å². The van der Waals surface area contributed by atoms with E-state index in [4.69, 9.17) is 0 Å². The van der Waals surface area contributed by atoms with Crippen LogP contribution in [0, 0.1) is 18.6 Å². The second kappa shape index (κ2) is 7.25. The molecule has 0 atom stereocenters. The van der Waals surface area contributed by atoms with Crippen molar-refractivity contribution in [1.82, 2.24) is 15.3 Å². The van der Waals surface area contributed by atoms with Crippen molar-refractivity contribution >= 4 is 5.91 Å². The van der Waals surface area contributed by atoms with Crippen molar-refractivity contribution in [3.8, 4) is 0 Å². The van der Waals surface area contributed by atoms with Crippen molar-refractivity contribution in [3.05, 3.63) is 59.2 Å². The molecule has 4 nitrogen and oxygen atoms in total. The largest absolute Gasteiger partial charge is 0.355 e. The molecule has 1 fully saturated rings. The zero-order valence-electron chi connectivity index (χ0n) is 14.2. The Morgan fingerprint density at radius 3 is 2.32 bits per heavy atom. The number of nitrogens with zero attached hydrogens (tertiary/aromatic N) is 2. The highest BCUT2D eigenvalue weighted by Gasteiger charge is 2.43. The Morgan fingerprint density at radius 1 is 1.12 bits per heavy atom. The minimum Gasteiger partial charge on any atom is -0.355 e. The standard InChI is InChI=1S/C19H21F2N3O/c1-13-11-23-17(24-12-13)4-7-22-18(25)19(5-2-3-6-19)14-8-15(20)10-16(21)9-14/h8-12H,2-7H2,1H3,(H,22,25). The maximum atomic E-state index is 13.6. The molecule has 0 saturated heterocycles. The molecule has 1 N–H and O–H groups in total. The highest BCUT2D eigenvalue weighted by atomic mass is 19.1. The molecule has 1 heterocycles. The average Bonchev–Trinajstić information content (AvgIpc) is 3.07. The second-order valence-corrected chi connectivity index (χ2v) is 6.63. The summed E-state index contributed by atoms with van der Waals surface area (Å²) in [5.41, 5.74) is 0.550. The molecule has 132 valence electrons. The Hall–Kier alpha value is -2.37. The molecule has 25 heavy (non-hydrogen) atoms. The minimum atomic E-state index is -0.850. The van der Waals surface area contributed by atoms with Crippen LogP contribution in [-0.2, 0) is 16.6 Å². The molecule has 1 aromatic heterocycles. The molecule has 1 aliphatic rings. The minimum absolute atomic E-state index is 0.179. The van der Waals surface area contributed by atoms with Crippen molar-refractivity contribution in [2.24, 2.45) is 0 Å². The van der Waals surface area contributed by atoms with E-state index in [9.17, 15) is 13.6 Å². The summed E-state index contributed by atoms with van der Waals surface area (Å²) in [6.45, 7) is 2.30. The number of hydrogen-bond donors (Lipinski definition) is 1. The van der Waals surface area contributed by atoms with Crippen molar-refractivity contribution in [1.29, 1.82) is 0 Å². The van der Waals surface area contributed by atoms with Gasteiger partial charge in [0.2, 0.25) is 5.91 Å². The van der Waals surface area contributed by atoms with E-state index in [1.54, 1.807) is 12.4 Å². The smallest absolute Gasteiger partial charge is 0.230 e. The first-order valence-corrected chi connectivity index (χ1v) is 8.52. The zero-order chi connectivity index (χ0) is 17.9. The Labute approximate surface area is 145 Å². The van der Waals surface area contributed by atoms with Crippen LogP contribution in [0.3, 0.4) is 0 Å². The molecule has 0 bridgehead atoms. The average molecular weight is 345 g/mol. The van der Waals surface area contributed by atoms with Gasteiger partial charge in [-0.25, -0.2) is 18.7 Å². The lowest BCUT2D eigenvalue weighted by molar-refractivity contribution is -0.126. The lowest BCUT2D eigenvalue weighted by atomic mass is 9.78. The van der Waals surface area contributed by atoms with Crippen LogP contribution < -0.4 is 5.32 Å². The molecular formula is C19H21F2N3O. The fraction of sp³-hybridized carbons (Fsp3) is 0.421. The molecule has 2 aromatic rings. The first-order valence-electron chi connectivity index (χ1n) is 8.52. The summed E-state index contributed by atoms with van der Waals surface area (Å²) >= 11 is 0. The van der Waals surface area contributed by atoms with E-state index in [-0.39, 0.29) is 5.91 Å². The normalized spacial score (nSPS) is 16.0. The Bertz CT molecular complexity index is 736. The third kappa shape index (κ3) is 3.83. The third-order valence-electron chi connectivity index (χ3n) is 4.78. The molecule has 6 heteroatoms. The summed E-state index contributed by atoms with van der Waals surface area (Å²) in [5, 5.41) is 2.90. The van der Waals surface area contributed by atoms with Crippen LogP contribution in [0.5, 0.6) is 0 Å². The van der Waals surface area contributed by atoms with Gasteiger partial charge in [-0.2, -0.15) is 0 Å². The van der Waals surface area contributed by atoms with E-state index in [0.717, 1.165) is 24.5 Å². The summed E-state index contributed by atoms with van der Waals surface area (Å²) in [5.74, 6) is -0.824. The van der Waals surface area contributed by atoms with Crippen LogP contribution in [0.4, 0.5) is 8.78 Å². The SMILES string of the molecule is Cc1cnc(CCNC(=O)C2(c3cc(F)cc(F)c3)CCCC2)nc1. The van der Waals surface area contributed by atoms with Crippen LogP contribution in [0.15, 0.2) is 30.6 Å². The quantitative estimate of drug-likeness (QED) is 0.905. The van der Waals surface area contributed by atoms with E-state index < -0.39 is 17.0 Å². The van der Waals surface area contributed by atoms with Gasteiger partial charge in [0, 0.05) is 31.4 Å². The fourth-order valence-corrected chi connectivity index (χ4v) is 3.46. The number of benzene rings is 1. The molecule has 1 amide bonds. The fourth-order valence-electron chi connectivity index (χ4n) is 3.46.